The minimum absolute atomic E-state index is 0.193. The Hall–Kier alpha value is -3.27. The van der Waals surface area contributed by atoms with Gasteiger partial charge in [0.05, 0.1) is 11.2 Å². The maximum Gasteiger partial charge on any atom is 0.266 e. The third kappa shape index (κ3) is 5.20. The Kier molecular flexibility index (Phi) is 6.78. The summed E-state index contributed by atoms with van der Waals surface area (Å²) in [5.41, 5.74) is 3.48. The Morgan fingerprint density at radius 3 is 2.30 bits per heavy atom. The average molecular weight is 403 g/mol. The summed E-state index contributed by atoms with van der Waals surface area (Å²) >= 11 is 0. The molecule has 0 unspecified atom stereocenters. The number of nitrogens with one attached hydrogen (secondary N) is 1. The van der Waals surface area contributed by atoms with Crippen LogP contribution in [0, 0.1) is 5.82 Å². The number of carbonyl (C=O) groups excluding carboxylic acids is 1. The number of amides is 1. The van der Waals surface area contributed by atoms with Crippen molar-refractivity contribution in [3.63, 3.8) is 0 Å². The quantitative estimate of drug-likeness (QED) is 0.451. The molecule has 0 aliphatic heterocycles. The van der Waals surface area contributed by atoms with Gasteiger partial charge in [-0.25, -0.2) is 9.38 Å². The number of allylic oxidation sites excluding steroid dienone is 5. The maximum atomic E-state index is 13.4. The zero-order chi connectivity index (χ0) is 21.6. The molecule has 4 heteroatoms. The van der Waals surface area contributed by atoms with Crippen molar-refractivity contribution < 1.29 is 9.18 Å². The fourth-order valence-corrected chi connectivity index (χ4v) is 3.27. The lowest BCUT2D eigenvalue weighted by molar-refractivity contribution is -0.115. The predicted molar refractivity (Wildman–Crippen MR) is 122 cm³/mol. The third-order valence-corrected chi connectivity index (χ3v) is 5.18. The number of rotatable bonds is 7. The summed E-state index contributed by atoms with van der Waals surface area (Å²) in [5.74, 6) is -0.501. The molecule has 0 heterocycles. The molecule has 1 saturated carbocycles. The van der Waals surface area contributed by atoms with Gasteiger partial charge in [-0.2, -0.15) is 0 Å². The molecule has 1 N–H and O–H groups in total. The monoisotopic (exact) mass is 402 g/mol. The topological polar surface area (TPSA) is 41.5 Å². The van der Waals surface area contributed by atoms with Gasteiger partial charge in [0.1, 0.15) is 11.5 Å². The molecule has 0 atom stereocenters. The zero-order valence-electron chi connectivity index (χ0n) is 17.7. The lowest BCUT2D eigenvalue weighted by atomic mass is 10.0. The molecular formula is C26H27FN2O. The SMILES string of the molecule is C\C=C/C=C\C(C)=C(\N=C(C)C(=O)NC1(c2ccccc2)CC1)c1ccc(F)cc1. The highest BCUT2D eigenvalue weighted by Crippen LogP contribution is 2.45. The van der Waals surface area contributed by atoms with Crippen molar-refractivity contribution in [3.05, 3.63) is 101 Å². The van der Waals surface area contributed by atoms with Crippen molar-refractivity contribution in [2.24, 2.45) is 4.99 Å². The lowest BCUT2D eigenvalue weighted by Crippen LogP contribution is -2.38. The van der Waals surface area contributed by atoms with Gasteiger partial charge in [0, 0.05) is 5.56 Å². The Labute approximate surface area is 177 Å². The van der Waals surface area contributed by atoms with Crippen LogP contribution < -0.4 is 5.32 Å². The first kappa shape index (κ1) is 21.4. The predicted octanol–water partition coefficient (Wildman–Crippen LogP) is 5.96. The van der Waals surface area contributed by atoms with E-state index in [-0.39, 0.29) is 17.3 Å². The van der Waals surface area contributed by atoms with Crippen LogP contribution in [-0.2, 0) is 10.3 Å². The van der Waals surface area contributed by atoms with Crippen molar-refractivity contribution >= 4 is 17.3 Å². The molecule has 1 aliphatic rings. The summed E-state index contributed by atoms with van der Waals surface area (Å²) in [7, 11) is 0. The molecule has 0 aromatic heterocycles. The number of nitrogens with zero attached hydrogens (tertiary/aromatic N) is 1. The van der Waals surface area contributed by atoms with Crippen LogP contribution in [0.4, 0.5) is 4.39 Å². The maximum absolute atomic E-state index is 13.4. The van der Waals surface area contributed by atoms with E-state index in [1.54, 1.807) is 19.1 Å². The molecule has 1 amide bonds. The zero-order valence-corrected chi connectivity index (χ0v) is 17.7. The summed E-state index contributed by atoms with van der Waals surface area (Å²) in [5, 5.41) is 3.16. The van der Waals surface area contributed by atoms with Crippen molar-refractivity contribution in [2.45, 2.75) is 39.2 Å². The van der Waals surface area contributed by atoms with Gasteiger partial charge < -0.3 is 5.32 Å². The van der Waals surface area contributed by atoms with Crippen molar-refractivity contribution in [3.8, 4) is 0 Å². The van der Waals surface area contributed by atoms with Gasteiger partial charge in [-0.05, 0) is 69.0 Å². The second-order valence-corrected chi connectivity index (χ2v) is 7.52. The highest BCUT2D eigenvalue weighted by molar-refractivity contribution is 6.39. The van der Waals surface area contributed by atoms with Crippen LogP contribution in [0.15, 0.2) is 89.5 Å². The number of benzene rings is 2. The van der Waals surface area contributed by atoms with Gasteiger partial charge in [0.15, 0.2) is 0 Å². The fourth-order valence-electron chi connectivity index (χ4n) is 3.27. The smallest absolute Gasteiger partial charge is 0.266 e. The van der Waals surface area contributed by atoms with E-state index in [2.05, 4.69) is 10.3 Å². The molecule has 0 bridgehead atoms. The van der Waals surface area contributed by atoms with Crippen LogP contribution in [0.2, 0.25) is 0 Å². The molecule has 0 saturated heterocycles. The number of hydrogen-bond acceptors (Lipinski definition) is 2. The number of hydrogen-bond donors (Lipinski definition) is 1. The highest BCUT2D eigenvalue weighted by atomic mass is 19.1. The summed E-state index contributed by atoms with van der Waals surface area (Å²) in [4.78, 5) is 17.6. The Morgan fingerprint density at radius 1 is 1.03 bits per heavy atom. The van der Waals surface area contributed by atoms with E-state index < -0.39 is 0 Å². The Morgan fingerprint density at radius 2 is 1.70 bits per heavy atom. The Balaban J connectivity index is 1.89. The van der Waals surface area contributed by atoms with Gasteiger partial charge in [-0.3, -0.25) is 4.79 Å². The first-order valence-corrected chi connectivity index (χ1v) is 10.1. The molecule has 154 valence electrons. The molecule has 1 fully saturated rings. The van der Waals surface area contributed by atoms with Gasteiger partial charge in [0.2, 0.25) is 0 Å². The van der Waals surface area contributed by atoms with Crippen molar-refractivity contribution in [1.29, 1.82) is 0 Å². The molecule has 30 heavy (non-hydrogen) atoms. The molecule has 0 radical (unpaired) electrons. The molecule has 0 spiro atoms. The van der Waals surface area contributed by atoms with E-state index >= 15 is 0 Å². The summed E-state index contributed by atoms with van der Waals surface area (Å²) in [6.45, 7) is 5.58. The Bertz CT molecular complexity index is 1010. The molecule has 3 nitrogen and oxygen atoms in total. The largest absolute Gasteiger partial charge is 0.341 e. The van der Waals surface area contributed by atoms with Crippen molar-refractivity contribution in [2.75, 3.05) is 0 Å². The number of halogens is 1. The van der Waals surface area contributed by atoms with E-state index in [1.165, 1.54) is 12.1 Å². The van der Waals surface area contributed by atoms with Crippen LogP contribution in [0.25, 0.3) is 5.70 Å². The first-order valence-electron chi connectivity index (χ1n) is 10.1. The minimum atomic E-state index is -0.308. The number of carbonyl (C=O) groups is 1. The third-order valence-electron chi connectivity index (χ3n) is 5.18. The summed E-state index contributed by atoms with van der Waals surface area (Å²) in [6.07, 6.45) is 9.54. The van der Waals surface area contributed by atoms with Crippen LogP contribution in [-0.4, -0.2) is 11.6 Å². The van der Waals surface area contributed by atoms with Gasteiger partial charge in [0.25, 0.3) is 5.91 Å². The van der Waals surface area contributed by atoms with Crippen LogP contribution in [0.5, 0.6) is 0 Å². The average Bonchev–Trinajstić information content (AvgIpc) is 3.54. The second-order valence-electron chi connectivity index (χ2n) is 7.52. The number of aliphatic imine (C=N–C) groups is 1. The molecule has 3 rings (SSSR count). The van der Waals surface area contributed by atoms with Crippen LogP contribution in [0.3, 0.4) is 0 Å². The van der Waals surface area contributed by atoms with E-state index in [0.29, 0.717) is 11.4 Å². The lowest BCUT2D eigenvalue weighted by Gasteiger charge is -2.18. The van der Waals surface area contributed by atoms with Crippen LogP contribution in [0.1, 0.15) is 44.7 Å². The molecule has 1 aliphatic carbocycles. The van der Waals surface area contributed by atoms with E-state index in [9.17, 15) is 9.18 Å². The normalized spacial score (nSPS) is 16.6. The van der Waals surface area contributed by atoms with Gasteiger partial charge in [-0.1, -0.05) is 54.6 Å². The first-order chi connectivity index (χ1) is 14.4. The van der Waals surface area contributed by atoms with Crippen LogP contribution >= 0.6 is 0 Å². The molecule has 2 aromatic carbocycles. The summed E-state index contributed by atoms with van der Waals surface area (Å²) < 4.78 is 13.4. The van der Waals surface area contributed by atoms with E-state index in [0.717, 1.165) is 29.5 Å². The fraction of sp³-hybridized carbons (Fsp3) is 0.231. The van der Waals surface area contributed by atoms with Gasteiger partial charge >= 0.3 is 0 Å². The molecular weight excluding hydrogens is 375 g/mol. The van der Waals surface area contributed by atoms with Crippen molar-refractivity contribution in [1.82, 2.24) is 5.32 Å². The standard InChI is InChI=1S/C26H27FN2O/c1-4-5-7-10-19(2)24(21-13-15-23(27)16-14-21)28-20(3)25(30)29-26(17-18-26)22-11-8-6-9-12-22/h4-16H,17-18H2,1-3H3,(H,29,30)/b5-4-,10-7-,24-19+,28-20?. The van der Waals surface area contributed by atoms with Gasteiger partial charge in [-0.15, -0.1) is 0 Å². The molecule has 2 aromatic rings. The summed E-state index contributed by atoms with van der Waals surface area (Å²) in [6, 6.07) is 16.2. The second kappa shape index (κ2) is 9.49. The van der Waals surface area contributed by atoms with E-state index in [1.807, 2.05) is 68.5 Å². The minimum Gasteiger partial charge on any atom is -0.341 e. The van der Waals surface area contributed by atoms with E-state index in [4.69, 9.17) is 0 Å². The highest BCUT2D eigenvalue weighted by Gasteiger charge is 2.45.